The molecular weight excluding hydrogens is 418 g/mol. The number of Topliss-reactive ketones (excluding diaryl/α,β-unsaturated/α-hetero) is 1. The standard InChI is InChI=1S/C20H17BrClNO3/c1-12-17(9-15(24)11-21)18-10-16(26-2)7-8-19(18)23(12)20(25)13-3-5-14(22)6-4-13/h3-8,10H,9,11H2,1-2H3. The van der Waals surface area contributed by atoms with Gasteiger partial charge in [0.15, 0.2) is 0 Å². The summed E-state index contributed by atoms with van der Waals surface area (Å²) in [6, 6.07) is 12.3. The summed E-state index contributed by atoms with van der Waals surface area (Å²) in [6.45, 7) is 1.86. The summed E-state index contributed by atoms with van der Waals surface area (Å²) >= 11 is 9.13. The Bertz CT molecular complexity index is 992. The van der Waals surface area contributed by atoms with Crippen molar-refractivity contribution in [3.05, 3.63) is 64.3 Å². The molecule has 0 aliphatic carbocycles. The molecule has 0 spiro atoms. The van der Waals surface area contributed by atoms with Crippen LogP contribution in [-0.2, 0) is 11.2 Å². The highest BCUT2D eigenvalue weighted by molar-refractivity contribution is 9.09. The van der Waals surface area contributed by atoms with Crippen molar-refractivity contribution in [2.24, 2.45) is 0 Å². The number of hydrogen-bond donors (Lipinski definition) is 0. The minimum absolute atomic E-state index is 0.0499. The number of carbonyl (C=O) groups excluding carboxylic acids is 2. The van der Waals surface area contributed by atoms with Crippen molar-refractivity contribution >= 4 is 50.1 Å². The summed E-state index contributed by atoms with van der Waals surface area (Å²) < 4.78 is 6.96. The lowest BCUT2D eigenvalue weighted by molar-refractivity contribution is -0.115. The number of ketones is 1. The molecule has 1 aromatic heterocycles. The Morgan fingerprint density at radius 1 is 1.15 bits per heavy atom. The molecule has 0 fully saturated rings. The third-order valence-corrected chi connectivity index (χ3v) is 5.24. The SMILES string of the molecule is COc1ccc2c(c1)c(CC(=O)CBr)c(C)n2C(=O)c1ccc(Cl)cc1. The van der Waals surface area contributed by atoms with E-state index in [0.717, 1.165) is 22.2 Å². The van der Waals surface area contributed by atoms with Crippen molar-refractivity contribution in [3.63, 3.8) is 0 Å². The van der Waals surface area contributed by atoms with Crippen molar-refractivity contribution in [2.75, 3.05) is 12.4 Å². The highest BCUT2D eigenvalue weighted by atomic mass is 79.9. The minimum Gasteiger partial charge on any atom is -0.497 e. The third-order valence-electron chi connectivity index (χ3n) is 4.36. The Labute approximate surface area is 164 Å². The predicted octanol–water partition coefficient (Wildman–Crippen LogP) is 4.81. The van der Waals surface area contributed by atoms with E-state index in [1.807, 2.05) is 25.1 Å². The van der Waals surface area contributed by atoms with Gasteiger partial charge < -0.3 is 4.74 Å². The van der Waals surface area contributed by atoms with E-state index >= 15 is 0 Å². The van der Waals surface area contributed by atoms with Gasteiger partial charge in [-0.1, -0.05) is 27.5 Å². The minimum atomic E-state index is -0.160. The lowest BCUT2D eigenvalue weighted by atomic mass is 10.1. The van der Waals surface area contributed by atoms with Gasteiger partial charge in [0, 0.05) is 28.1 Å². The number of halogens is 2. The molecule has 0 radical (unpaired) electrons. The quantitative estimate of drug-likeness (QED) is 0.542. The zero-order valence-corrected chi connectivity index (χ0v) is 16.7. The van der Waals surface area contributed by atoms with Crippen molar-refractivity contribution < 1.29 is 14.3 Å². The molecule has 6 heteroatoms. The number of rotatable bonds is 5. The van der Waals surface area contributed by atoms with E-state index in [2.05, 4.69) is 15.9 Å². The summed E-state index contributed by atoms with van der Waals surface area (Å²) in [5.74, 6) is 0.571. The average Bonchev–Trinajstić information content (AvgIpc) is 2.92. The van der Waals surface area contributed by atoms with E-state index in [9.17, 15) is 9.59 Å². The first-order valence-corrected chi connectivity index (χ1v) is 9.52. The van der Waals surface area contributed by atoms with Gasteiger partial charge in [0.1, 0.15) is 11.5 Å². The molecule has 0 amide bonds. The first-order chi connectivity index (χ1) is 12.5. The molecule has 0 atom stereocenters. The van der Waals surface area contributed by atoms with E-state index < -0.39 is 0 Å². The molecule has 0 unspecified atom stereocenters. The van der Waals surface area contributed by atoms with Crippen LogP contribution < -0.4 is 4.74 Å². The highest BCUT2D eigenvalue weighted by Crippen LogP contribution is 2.31. The largest absolute Gasteiger partial charge is 0.497 e. The normalized spacial score (nSPS) is 10.9. The molecule has 0 aliphatic rings. The van der Waals surface area contributed by atoms with Crippen LogP contribution in [0.1, 0.15) is 21.6 Å². The van der Waals surface area contributed by atoms with Crippen LogP contribution in [-0.4, -0.2) is 28.7 Å². The van der Waals surface area contributed by atoms with E-state index in [1.165, 1.54) is 0 Å². The third kappa shape index (κ3) is 3.41. The fraction of sp³-hybridized carbons (Fsp3) is 0.200. The maximum absolute atomic E-state index is 13.1. The Balaban J connectivity index is 2.21. The number of aromatic nitrogens is 1. The van der Waals surface area contributed by atoms with Crippen LogP contribution in [0.15, 0.2) is 42.5 Å². The summed E-state index contributed by atoms with van der Waals surface area (Å²) in [5.41, 5.74) is 2.87. The summed E-state index contributed by atoms with van der Waals surface area (Å²) in [6.07, 6.45) is 0.252. The lowest BCUT2D eigenvalue weighted by Gasteiger charge is -2.08. The first kappa shape index (κ1) is 18.7. The number of carbonyl (C=O) groups is 2. The van der Waals surface area contributed by atoms with Crippen molar-refractivity contribution in [1.29, 1.82) is 0 Å². The number of hydrogen-bond acceptors (Lipinski definition) is 3. The topological polar surface area (TPSA) is 48.3 Å². The van der Waals surface area contributed by atoms with Crippen molar-refractivity contribution in [1.82, 2.24) is 4.57 Å². The van der Waals surface area contributed by atoms with E-state index in [-0.39, 0.29) is 23.4 Å². The molecular formula is C20H17BrClNO3. The molecule has 0 N–H and O–H groups in total. The number of fused-ring (bicyclic) bond motifs is 1. The highest BCUT2D eigenvalue weighted by Gasteiger charge is 2.21. The van der Waals surface area contributed by atoms with Gasteiger partial charge in [-0.05, 0) is 55.0 Å². The van der Waals surface area contributed by atoms with Crippen LogP contribution in [0.3, 0.4) is 0 Å². The summed E-state index contributed by atoms with van der Waals surface area (Å²) in [4.78, 5) is 25.1. The maximum Gasteiger partial charge on any atom is 0.262 e. The first-order valence-electron chi connectivity index (χ1n) is 8.02. The van der Waals surface area contributed by atoms with Crippen LogP contribution in [0.5, 0.6) is 5.75 Å². The van der Waals surface area contributed by atoms with E-state index in [4.69, 9.17) is 16.3 Å². The predicted molar refractivity (Wildman–Crippen MR) is 107 cm³/mol. The molecule has 0 aliphatic heterocycles. The molecule has 4 nitrogen and oxygen atoms in total. The van der Waals surface area contributed by atoms with Crippen LogP contribution in [0.2, 0.25) is 5.02 Å². The number of benzene rings is 2. The second kappa shape index (κ2) is 7.64. The van der Waals surface area contributed by atoms with Gasteiger partial charge in [-0.3, -0.25) is 14.2 Å². The van der Waals surface area contributed by atoms with Gasteiger partial charge in [0.25, 0.3) is 5.91 Å². The molecule has 26 heavy (non-hydrogen) atoms. The van der Waals surface area contributed by atoms with Crippen LogP contribution in [0.4, 0.5) is 0 Å². The average molecular weight is 435 g/mol. The molecule has 134 valence electrons. The molecule has 0 bridgehead atoms. The summed E-state index contributed by atoms with van der Waals surface area (Å²) in [7, 11) is 1.59. The lowest BCUT2D eigenvalue weighted by Crippen LogP contribution is -2.14. The van der Waals surface area contributed by atoms with Crippen LogP contribution in [0, 0.1) is 6.92 Å². The zero-order chi connectivity index (χ0) is 18.8. The van der Waals surface area contributed by atoms with Gasteiger partial charge in [-0.2, -0.15) is 0 Å². The number of nitrogens with zero attached hydrogens (tertiary/aromatic N) is 1. The number of alkyl halides is 1. The number of ether oxygens (including phenoxy) is 1. The van der Waals surface area contributed by atoms with Gasteiger partial charge in [-0.15, -0.1) is 0 Å². The Morgan fingerprint density at radius 3 is 2.46 bits per heavy atom. The molecule has 3 aromatic rings. The van der Waals surface area contributed by atoms with Gasteiger partial charge in [0.05, 0.1) is 18.0 Å². The van der Waals surface area contributed by atoms with Crippen molar-refractivity contribution in [2.45, 2.75) is 13.3 Å². The van der Waals surface area contributed by atoms with E-state index in [0.29, 0.717) is 16.3 Å². The fourth-order valence-corrected chi connectivity index (χ4v) is 3.36. The second-order valence-electron chi connectivity index (χ2n) is 5.94. The fourth-order valence-electron chi connectivity index (χ4n) is 3.04. The van der Waals surface area contributed by atoms with Crippen LogP contribution >= 0.6 is 27.5 Å². The van der Waals surface area contributed by atoms with Gasteiger partial charge in [0.2, 0.25) is 0 Å². The second-order valence-corrected chi connectivity index (χ2v) is 6.94. The van der Waals surface area contributed by atoms with Crippen molar-refractivity contribution in [3.8, 4) is 5.75 Å². The molecule has 0 saturated heterocycles. The summed E-state index contributed by atoms with van der Waals surface area (Å²) in [5, 5.41) is 1.69. The van der Waals surface area contributed by atoms with Gasteiger partial charge >= 0.3 is 0 Å². The number of methoxy groups -OCH3 is 1. The Kier molecular flexibility index (Phi) is 5.49. The Morgan fingerprint density at radius 2 is 1.85 bits per heavy atom. The molecule has 1 heterocycles. The Hall–Kier alpha value is -2.11. The maximum atomic E-state index is 13.1. The zero-order valence-electron chi connectivity index (χ0n) is 14.4. The van der Waals surface area contributed by atoms with E-state index in [1.54, 1.807) is 35.9 Å². The monoisotopic (exact) mass is 433 g/mol. The van der Waals surface area contributed by atoms with Crippen LogP contribution in [0.25, 0.3) is 10.9 Å². The molecule has 3 rings (SSSR count). The van der Waals surface area contributed by atoms with Gasteiger partial charge in [-0.25, -0.2) is 0 Å². The molecule has 0 saturated carbocycles. The smallest absolute Gasteiger partial charge is 0.262 e. The molecule has 2 aromatic carbocycles.